The van der Waals surface area contributed by atoms with Crippen molar-refractivity contribution in [2.75, 3.05) is 33.4 Å². The number of nitro benzene ring substituents is 1. The minimum absolute atomic E-state index is 0.00806. The fourth-order valence-electron chi connectivity index (χ4n) is 3.19. The number of amides is 1. The molecule has 1 aliphatic heterocycles. The zero-order chi connectivity index (χ0) is 19.1. The summed E-state index contributed by atoms with van der Waals surface area (Å²) in [6.07, 6.45) is 2.79. The van der Waals surface area contributed by atoms with Crippen LogP contribution >= 0.6 is 0 Å². The van der Waals surface area contributed by atoms with E-state index in [1.807, 2.05) is 0 Å². The monoisotopic (exact) mass is 365 g/mol. The van der Waals surface area contributed by atoms with Crippen molar-refractivity contribution in [1.82, 2.24) is 10.2 Å². The van der Waals surface area contributed by atoms with Crippen LogP contribution in [0.3, 0.4) is 0 Å². The van der Waals surface area contributed by atoms with Crippen molar-refractivity contribution in [3.63, 3.8) is 0 Å². The molecule has 26 heavy (non-hydrogen) atoms. The molecule has 1 N–H and O–H groups in total. The number of hydrogen-bond acceptors (Lipinski definition) is 6. The van der Waals surface area contributed by atoms with Gasteiger partial charge in [-0.15, -0.1) is 0 Å². The first-order chi connectivity index (χ1) is 12.5. The van der Waals surface area contributed by atoms with Gasteiger partial charge in [0.25, 0.3) is 11.6 Å². The highest BCUT2D eigenvalue weighted by Gasteiger charge is 2.27. The Hall–Kier alpha value is -2.35. The van der Waals surface area contributed by atoms with Crippen LogP contribution in [0.15, 0.2) is 12.1 Å². The number of rotatable bonds is 8. The van der Waals surface area contributed by atoms with Gasteiger partial charge in [-0.3, -0.25) is 14.9 Å². The second-order valence-corrected chi connectivity index (χ2v) is 6.30. The molecule has 0 bridgehead atoms. The van der Waals surface area contributed by atoms with Gasteiger partial charge in [-0.2, -0.15) is 0 Å². The number of likely N-dealkylation sites (tertiary alicyclic amines) is 1. The van der Waals surface area contributed by atoms with Crippen molar-refractivity contribution in [3.05, 3.63) is 27.8 Å². The largest absolute Gasteiger partial charge is 0.493 e. The van der Waals surface area contributed by atoms with Crippen LogP contribution in [0, 0.1) is 10.1 Å². The van der Waals surface area contributed by atoms with Gasteiger partial charge in [0.15, 0.2) is 11.5 Å². The number of piperidine rings is 1. The van der Waals surface area contributed by atoms with Gasteiger partial charge < -0.3 is 19.7 Å². The third kappa shape index (κ3) is 4.85. The van der Waals surface area contributed by atoms with Crippen molar-refractivity contribution in [3.8, 4) is 11.5 Å². The molecule has 2 rings (SSSR count). The maximum atomic E-state index is 12.7. The van der Waals surface area contributed by atoms with E-state index in [-0.39, 0.29) is 23.0 Å². The molecular formula is C18H27N3O5. The van der Waals surface area contributed by atoms with E-state index in [1.165, 1.54) is 19.2 Å². The van der Waals surface area contributed by atoms with Crippen LogP contribution < -0.4 is 14.8 Å². The average Bonchev–Trinajstić information content (AvgIpc) is 2.63. The summed E-state index contributed by atoms with van der Waals surface area (Å²) >= 11 is 0. The van der Waals surface area contributed by atoms with E-state index in [0.29, 0.717) is 12.4 Å². The fraction of sp³-hybridized carbons (Fsp3) is 0.611. The number of nitrogens with one attached hydrogen (secondary N) is 1. The van der Waals surface area contributed by atoms with Crippen molar-refractivity contribution in [1.29, 1.82) is 0 Å². The Morgan fingerprint density at radius 2 is 2.00 bits per heavy atom. The number of methoxy groups -OCH3 is 1. The predicted molar refractivity (Wildman–Crippen MR) is 98.0 cm³/mol. The lowest BCUT2D eigenvalue weighted by Crippen LogP contribution is -2.44. The Bertz CT molecular complexity index is 642. The molecule has 0 aromatic heterocycles. The predicted octanol–water partition coefficient (Wildman–Crippen LogP) is 2.61. The lowest BCUT2D eigenvalue weighted by molar-refractivity contribution is -0.385. The lowest BCUT2D eigenvalue weighted by atomic mass is 10.0. The molecule has 0 aliphatic carbocycles. The minimum atomic E-state index is -0.569. The van der Waals surface area contributed by atoms with Gasteiger partial charge in [0.2, 0.25) is 0 Å². The van der Waals surface area contributed by atoms with Crippen LogP contribution in [0.5, 0.6) is 11.5 Å². The molecule has 144 valence electrons. The first-order valence-electron chi connectivity index (χ1n) is 9.02. The summed E-state index contributed by atoms with van der Waals surface area (Å²) in [6.45, 7) is 7.17. The molecular weight excluding hydrogens is 338 g/mol. The summed E-state index contributed by atoms with van der Waals surface area (Å²) < 4.78 is 10.6. The normalized spacial score (nSPS) is 15.5. The molecule has 1 aromatic carbocycles. The second-order valence-electron chi connectivity index (χ2n) is 6.30. The Morgan fingerprint density at radius 1 is 1.31 bits per heavy atom. The van der Waals surface area contributed by atoms with Crippen molar-refractivity contribution in [2.24, 2.45) is 0 Å². The van der Waals surface area contributed by atoms with Crippen LogP contribution in [-0.4, -0.2) is 55.1 Å². The zero-order valence-corrected chi connectivity index (χ0v) is 15.6. The van der Waals surface area contributed by atoms with Gasteiger partial charge >= 0.3 is 0 Å². The molecule has 1 heterocycles. The molecule has 0 unspecified atom stereocenters. The molecule has 8 heteroatoms. The minimum Gasteiger partial charge on any atom is -0.493 e. The maximum absolute atomic E-state index is 12.7. The highest BCUT2D eigenvalue weighted by Crippen LogP contribution is 2.34. The SMILES string of the molecule is CCCN1CCC(NC(=O)c2cc(OC)c(OCC)cc2[N+](=O)[O-])CC1. The highest BCUT2D eigenvalue weighted by atomic mass is 16.6. The second kappa shape index (κ2) is 9.38. The number of carbonyl (C=O) groups is 1. The molecule has 0 radical (unpaired) electrons. The van der Waals surface area contributed by atoms with Crippen molar-refractivity contribution >= 4 is 11.6 Å². The van der Waals surface area contributed by atoms with Gasteiger partial charge in [0.1, 0.15) is 5.56 Å². The van der Waals surface area contributed by atoms with Crippen LogP contribution in [-0.2, 0) is 0 Å². The summed E-state index contributed by atoms with van der Waals surface area (Å²) in [6, 6.07) is 2.65. The van der Waals surface area contributed by atoms with E-state index >= 15 is 0 Å². The van der Waals surface area contributed by atoms with E-state index in [4.69, 9.17) is 9.47 Å². The number of nitro groups is 1. The quantitative estimate of drug-likeness (QED) is 0.562. The van der Waals surface area contributed by atoms with Gasteiger partial charge in [-0.25, -0.2) is 0 Å². The van der Waals surface area contributed by atoms with E-state index < -0.39 is 10.8 Å². The van der Waals surface area contributed by atoms with E-state index in [1.54, 1.807) is 6.92 Å². The molecule has 1 aliphatic rings. The molecule has 1 fully saturated rings. The van der Waals surface area contributed by atoms with Gasteiger partial charge in [-0.05, 0) is 32.7 Å². The van der Waals surface area contributed by atoms with E-state index in [2.05, 4.69) is 17.1 Å². The Kier molecular flexibility index (Phi) is 7.20. The Labute approximate surface area is 153 Å². The van der Waals surface area contributed by atoms with Crippen LogP contribution in [0.1, 0.15) is 43.5 Å². The summed E-state index contributed by atoms with van der Waals surface area (Å²) in [5.41, 5.74) is -0.290. The lowest BCUT2D eigenvalue weighted by Gasteiger charge is -2.32. The van der Waals surface area contributed by atoms with Crippen LogP contribution in [0.4, 0.5) is 5.69 Å². The number of carbonyl (C=O) groups excluding carboxylic acids is 1. The first-order valence-corrected chi connectivity index (χ1v) is 9.02. The Balaban J connectivity index is 2.16. The van der Waals surface area contributed by atoms with Crippen LogP contribution in [0.25, 0.3) is 0 Å². The summed E-state index contributed by atoms with van der Waals surface area (Å²) in [4.78, 5) is 25.9. The third-order valence-electron chi connectivity index (χ3n) is 4.49. The Morgan fingerprint density at radius 3 is 2.54 bits per heavy atom. The van der Waals surface area contributed by atoms with E-state index in [0.717, 1.165) is 38.9 Å². The first kappa shape index (κ1) is 20.0. The summed E-state index contributed by atoms with van der Waals surface area (Å²) in [5, 5.41) is 14.3. The molecule has 0 atom stereocenters. The topological polar surface area (TPSA) is 93.9 Å². The molecule has 0 spiro atoms. The zero-order valence-electron chi connectivity index (χ0n) is 15.6. The molecule has 0 saturated carbocycles. The molecule has 8 nitrogen and oxygen atoms in total. The summed E-state index contributed by atoms with van der Waals surface area (Å²) in [5.74, 6) is 0.110. The highest BCUT2D eigenvalue weighted by molar-refractivity contribution is 5.99. The molecule has 1 saturated heterocycles. The summed E-state index contributed by atoms with van der Waals surface area (Å²) in [7, 11) is 1.44. The van der Waals surface area contributed by atoms with Crippen molar-refractivity contribution < 1.29 is 19.2 Å². The number of benzene rings is 1. The smallest absolute Gasteiger partial charge is 0.286 e. The van der Waals surface area contributed by atoms with Gasteiger partial charge in [0.05, 0.1) is 24.7 Å². The standard InChI is InChI=1S/C18H27N3O5/c1-4-8-20-9-6-13(7-10-20)19-18(22)14-11-16(25-3)17(26-5-2)12-15(14)21(23)24/h11-13H,4-10H2,1-3H3,(H,19,22). The maximum Gasteiger partial charge on any atom is 0.286 e. The van der Waals surface area contributed by atoms with Crippen molar-refractivity contribution in [2.45, 2.75) is 39.2 Å². The van der Waals surface area contributed by atoms with Crippen LogP contribution in [0.2, 0.25) is 0 Å². The van der Waals surface area contributed by atoms with Gasteiger partial charge in [0, 0.05) is 25.2 Å². The van der Waals surface area contributed by atoms with Gasteiger partial charge in [-0.1, -0.05) is 6.92 Å². The molecule has 1 aromatic rings. The number of nitrogens with zero attached hydrogens (tertiary/aromatic N) is 2. The fourth-order valence-corrected chi connectivity index (χ4v) is 3.19. The average molecular weight is 365 g/mol. The number of ether oxygens (including phenoxy) is 2. The molecule has 1 amide bonds. The third-order valence-corrected chi connectivity index (χ3v) is 4.49. The van der Waals surface area contributed by atoms with E-state index in [9.17, 15) is 14.9 Å². The number of hydrogen-bond donors (Lipinski definition) is 1.